The maximum Gasteiger partial charge on any atom is 0.0506 e. The molecule has 0 amide bonds. The number of H-pyrrole nitrogens is 1. The minimum absolute atomic E-state index is 0.224. The third-order valence-corrected chi connectivity index (χ3v) is 5.85. The molecule has 1 N–H and O–H groups in total. The zero-order valence-corrected chi connectivity index (χ0v) is 13.9. The normalized spacial score (nSPS) is 16.9. The van der Waals surface area contributed by atoms with Gasteiger partial charge in [-0.05, 0) is 53.5 Å². The van der Waals surface area contributed by atoms with Crippen LogP contribution in [0.1, 0.15) is 50.8 Å². The van der Waals surface area contributed by atoms with E-state index in [1.807, 2.05) is 0 Å². The van der Waals surface area contributed by atoms with Gasteiger partial charge in [-0.3, -0.25) is 0 Å². The fourth-order valence-electron chi connectivity index (χ4n) is 4.61. The molecule has 1 heterocycles. The van der Waals surface area contributed by atoms with Crippen LogP contribution in [0.25, 0.3) is 22.0 Å². The summed E-state index contributed by atoms with van der Waals surface area (Å²) in [5.41, 5.74) is 5.74. The van der Waals surface area contributed by atoms with Crippen molar-refractivity contribution in [1.82, 2.24) is 4.98 Å². The summed E-state index contributed by atoms with van der Waals surface area (Å²) in [5.74, 6) is 0.801. The summed E-state index contributed by atoms with van der Waals surface area (Å²) in [5, 5.41) is 2.84. The molecule has 114 valence electrons. The Labute approximate surface area is 133 Å². The van der Waals surface area contributed by atoms with Gasteiger partial charge in [0.1, 0.15) is 0 Å². The van der Waals surface area contributed by atoms with Gasteiger partial charge in [0.25, 0.3) is 0 Å². The number of aromatic amines is 1. The van der Waals surface area contributed by atoms with Gasteiger partial charge in [-0.2, -0.15) is 0 Å². The maximum atomic E-state index is 3.68. The molecular formula is C21H25N. The van der Waals surface area contributed by atoms with Crippen molar-refractivity contribution in [2.24, 2.45) is 5.92 Å². The molecule has 4 rings (SSSR count). The Balaban J connectivity index is 2.04. The van der Waals surface area contributed by atoms with E-state index in [4.69, 9.17) is 0 Å². The number of nitrogens with one attached hydrogen (secondary N) is 1. The highest BCUT2D eigenvalue weighted by Gasteiger charge is 2.38. The van der Waals surface area contributed by atoms with Crippen LogP contribution in [0.5, 0.6) is 0 Å². The number of rotatable bonds is 2. The van der Waals surface area contributed by atoms with Gasteiger partial charge in [-0.25, -0.2) is 0 Å². The summed E-state index contributed by atoms with van der Waals surface area (Å²) in [6.45, 7) is 7.07. The average Bonchev–Trinajstić information content (AvgIpc) is 3.13. The highest BCUT2D eigenvalue weighted by Crippen LogP contribution is 2.50. The van der Waals surface area contributed by atoms with Crippen molar-refractivity contribution in [3.8, 4) is 11.3 Å². The van der Waals surface area contributed by atoms with Crippen LogP contribution in [0, 0.1) is 12.8 Å². The minimum atomic E-state index is 0.224. The van der Waals surface area contributed by atoms with Crippen LogP contribution in [0.4, 0.5) is 0 Å². The number of aromatic nitrogens is 1. The molecule has 1 aliphatic heterocycles. The fourth-order valence-corrected chi connectivity index (χ4v) is 4.61. The van der Waals surface area contributed by atoms with E-state index >= 15 is 0 Å². The Hall–Kier alpha value is -1.76. The van der Waals surface area contributed by atoms with Crippen molar-refractivity contribution >= 4 is 10.8 Å². The Morgan fingerprint density at radius 2 is 1.64 bits per heavy atom. The van der Waals surface area contributed by atoms with Gasteiger partial charge in [-0.15, -0.1) is 0 Å². The molecule has 0 bridgehead atoms. The summed E-state index contributed by atoms with van der Waals surface area (Å²) in [6.07, 6.45) is 5.54. The van der Waals surface area contributed by atoms with E-state index in [1.165, 1.54) is 59.0 Å². The first-order chi connectivity index (χ1) is 10.6. The number of aryl methyl sites for hydroxylation is 1. The lowest BCUT2D eigenvalue weighted by molar-refractivity contribution is 0.328. The van der Waals surface area contributed by atoms with Crippen molar-refractivity contribution in [2.45, 2.75) is 51.9 Å². The summed E-state index contributed by atoms with van der Waals surface area (Å²) in [4.78, 5) is 3.68. The molecule has 0 saturated heterocycles. The van der Waals surface area contributed by atoms with E-state index in [9.17, 15) is 0 Å². The second kappa shape index (κ2) is 4.87. The molecule has 1 saturated carbocycles. The van der Waals surface area contributed by atoms with E-state index in [-0.39, 0.29) is 5.41 Å². The quantitative estimate of drug-likeness (QED) is 0.591. The van der Waals surface area contributed by atoms with Gasteiger partial charge >= 0.3 is 0 Å². The van der Waals surface area contributed by atoms with Crippen molar-refractivity contribution in [3.63, 3.8) is 0 Å². The molecule has 0 spiro atoms. The zero-order chi connectivity index (χ0) is 15.3. The van der Waals surface area contributed by atoms with Crippen LogP contribution in [-0.2, 0) is 5.41 Å². The lowest BCUT2D eigenvalue weighted by Gasteiger charge is -2.33. The van der Waals surface area contributed by atoms with Crippen LogP contribution in [-0.4, -0.2) is 4.98 Å². The number of pyridine rings is 1. The van der Waals surface area contributed by atoms with Crippen molar-refractivity contribution < 1.29 is 0 Å². The number of hydrogen-bond acceptors (Lipinski definition) is 0. The molecule has 1 heteroatoms. The molecule has 2 aliphatic carbocycles. The first-order valence-corrected chi connectivity index (χ1v) is 8.59. The van der Waals surface area contributed by atoms with Crippen LogP contribution < -0.4 is 0 Å². The van der Waals surface area contributed by atoms with E-state index in [1.54, 1.807) is 0 Å². The van der Waals surface area contributed by atoms with Crippen LogP contribution in [0.2, 0.25) is 0 Å². The SMILES string of the molecule is Cc1ccc2c3ccccc3c(C(C)(C)C3CCCC3)c-2[nH]1. The van der Waals surface area contributed by atoms with E-state index in [0.717, 1.165) is 5.92 Å². The lowest BCUT2D eigenvalue weighted by Crippen LogP contribution is -2.27. The topological polar surface area (TPSA) is 15.8 Å². The maximum absolute atomic E-state index is 3.68. The molecule has 1 nitrogen and oxygen atoms in total. The van der Waals surface area contributed by atoms with Gasteiger partial charge < -0.3 is 4.98 Å². The van der Waals surface area contributed by atoms with Crippen molar-refractivity contribution in [3.05, 3.63) is 47.7 Å². The Morgan fingerprint density at radius 3 is 2.36 bits per heavy atom. The number of hydrogen-bond donors (Lipinski definition) is 1. The zero-order valence-electron chi connectivity index (χ0n) is 13.9. The Morgan fingerprint density at radius 1 is 0.955 bits per heavy atom. The van der Waals surface area contributed by atoms with E-state index < -0.39 is 0 Å². The Bertz CT molecular complexity index is 787. The molecule has 0 unspecified atom stereocenters. The van der Waals surface area contributed by atoms with E-state index in [0.29, 0.717) is 0 Å². The second-order valence-corrected chi connectivity index (χ2v) is 7.55. The summed E-state index contributed by atoms with van der Waals surface area (Å²) in [7, 11) is 0. The first-order valence-electron chi connectivity index (χ1n) is 8.59. The highest BCUT2D eigenvalue weighted by molar-refractivity contribution is 6.05. The summed E-state index contributed by atoms with van der Waals surface area (Å²) < 4.78 is 0. The van der Waals surface area contributed by atoms with Gasteiger partial charge in [0.05, 0.1) is 5.69 Å². The smallest absolute Gasteiger partial charge is 0.0506 e. The van der Waals surface area contributed by atoms with Crippen molar-refractivity contribution in [2.75, 3.05) is 0 Å². The molecule has 22 heavy (non-hydrogen) atoms. The monoisotopic (exact) mass is 291 g/mol. The summed E-state index contributed by atoms with van der Waals surface area (Å²) in [6, 6.07) is 13.4. The molecule has 1 aromatic carbocycles. The third kappa shape index (κ3) is 1.91. The molecule has 1 fully saturated rings. The predicted octanol–water partition coefficient (Wildman–Crippen LogP) is 6.05. The molecule has 0 radical (unpaired) electrons. The molecule has 3 aliphatic rings. The second-order valence-electron chi connectivity index (χ2n) is 7.55. The van der Waals surface area contributed by atoms with Crippen LogP contribution >= 0.6 is 0 Å². The third-order valence-electron chi connectivity index (χ3n) is 5.85. The molecule has 1 aromatic rings. The van der Waals surface area contributed by atoms with E-state index in [2.05, 4.69) is 62.2 Å². The Kier molecular flexibility index (Phi) is 3.07. The fraction of sp³-hybridized carbons (Fsp3) is 0.429. The van der Waals surface area contributed by atoms with Crippen LogP contribution in [0.15, 0.2) is 36.4 Å². The van der Waals surface area contributed by atoms with Gasteiger partial charge in [0.15, 0.2) is 0 Å². The summed E-state index contributed by atoms with van der Waals surface area (Å²) >= 11 is 0. The van der Waals surface area contributed by atoms with Crippen molar-refractivity contribution in [1.29, 1.82) is 0 Å². The van der Waals surface area contributed by atoms with Crippen LogP contribution in [0.3, 0.4) is 0 Å². The predicted molar refractivity (Wildman–Crippen MR) is 94.6 cm³/mol. The average molecular weight is 291 g/mol. The molecule has 0 aromatic heterocycles. The standard InChI is InChI=1S/C21H25N/c1-14-12-13-18-16-10-6-7-11-17(16)19(20(18)22-14)21(2,3)15-8-4-5-9-15/h6-7,10-13,15,22H,4-5,8-9H2,1-3H3. The lowest BCUT2D eigenvalue weighted by atomic mass is 9.71. The molecule has 0 atom stereocenters. The largest absolute Gasteiger partial charge is 0.358 e. The van der Waals surface area contributed by atoms with Gasteiger partial charge in [0.2, 0.25) is 0 Å². The molecular weight excluding hydrogens is 266 g/mol. The minimum Gasteiger partial charge on any atom is -0.358 e. The number of benzene rings is 1. The first kappa shape index (κ1) is 13.9. The van der Waals surface area contributed by atoms with Gasteiger partial charge in [-0.1, -0.05) is 57.0 Å². The van der Waals surface area contributed by atoms with Gasteiger partial charge in [0, 0.05) is 11.3 Å². The number of fused-ring (bicyclic) bond motifs is 3. The highest BCUT2D eigenvalue weighted by atomic mass is 14.7.